The van der Waals surface area contributed by atoms with E-state index in [1.54, 1.807) is 39.2 Å². The van der Waals surface area contributed by atoms with E-state index in [1.807, 2.05) is 13.0 Å². The average Bonchev–Trinajstić information content (AvgIpc) is 2.87. The van der Waals surface area contributed by atoms with E-state index in [2.05, 4.69) is 0 Å². The van der Waals surface area contributed by atoms with Crippen LogP contribution in [0.3, 0.4) is 0 Å². The Morgan fingerprint density at radius 1 is 1.33 bits per heavy atom. The highest BCUT2D eigenvalue weighted by Crippen LogP contribution is 2.34. The summed E-state index contributed by atoms with van der Waals surface area (Å²) in [6.45, 7) is 5.95. The molecule has 1 aromatic carbocycles. The highest BCUT2D eigenvalue weighted by Gasteiger charge is 2.34. The van der Waals surface area contributed by atoms with Gasteiger partial charge in [-0.2, -0.15) is 0 Å². The van der Waals surface area contributed by atoms with Gasteiger partial charge in [0.15, 0.2) is 11.5 Å². The molecule has 1 fully saturated rings. The van der Waals surface area contributed by atoms with Crippen molar-refractivity contribution in [1.82, 2.24) is 4.90 Å². The minimum Gasteiger partial charge on any atom is -0.493 e. The zero-order chi connectivity index (χ0) is 20.0. The molecular weight excluding hydrogens is 386 g/mol. The van der Waals surface area contributed by atoms with E-state index in [4.69, 9.17) is 26.4 Å². The first-order valence-corrected chi connectivity index (χ1v) is 9.83. The first-order valence-electron chi connectivity index (χ1n) is 8.61. The smallest absolute Gasteiger partial charge is 0.326 e. The second-order valence-electron chi connectivity index (χ2n) is 6.07. The number of carbonyl (C=O) groups is 2. The van der Waals surface area contributed by atoms with E-state index in [1.165, 1.54) is 4.90 Å². The van der Waals surface area contributed by atoms with Crippen LogP contribution in [0.5, 0.6) is 11.5 Å². The van der Waals surface area contributed by atoms with Crippen LogP contribution in [-0.2, 0) is 14.3 Å². The van der Waals surface area contributed by atoms with Crippen molar-refractivity contribution in [3.8, 4) is 11.5 Å². The number of thiocarbonyl (C=S) groups is 1. The number of hydrogen-bond donors (Lipinski definition) is 0. The van der Waals surface area contributed by atoms with E-state index in [0.717, 1.165) is 23.7 Å². The molecule has 0 N–H and O–H groups in total. The van der Waals surface area contributed by atoms with E-state index in [-0.39, 0.29) is 18.6 Å². The summed E-state index contributed by atoms with van der Waals surface area (Å²) in [5, 5.41) is 0. The van der Waals surface area contributed by atoms with Crippen LogP contribution in [0.25, 0.3) is 6.08 Å². The summed E-state index contributed by atoms with van der Waals surface area (Å²) in [6.07, 6.45) is 2.37. The van der Waals surface area contributed by atoms with Gasteiger partial charge in [0.05, 0.1) is 24.7 Å². The molecule has 1 heterocycles. The van der Waals surface area contributed by atoms with Gasteiger partial charge in [0.2, 0.25) is 0 Å². The molecule has 0 radical (unpaired) electrons. The standard InChI is InChI=1S/C19H23NO5S2/c1-5-8-24-14-7-6-13(9-15(14)23-4)10-16-18(22)20(19(26)27-16)11-17(21)25-12(2)3/h6-7,9-10,12H,5,8,11H2,1-4H3. The predicted octanol–water partition coefficient (Wildman–Crippen LogP) is 3.64. The molecular formula is C19H23NO5S2. The summed E-state index contributed by atoms with van der Waals surface area (Å²) >= 11 is 6.39. The van der Waals surface area contributed by atoms with Crippen LogP contribution >= 0.6 is 24.0 Å². The van der Waals surface area contributed by atoms with Crippen LogP contribution in [0, 0.1) is 0 Å². The number of thioether (sulfide) groups is 1. The number of hydrogen-bond acceptors (Lipinski definition) is 7. The first-order chi connectivity index (χ1) is 12.8. The first kappa shape index (κ1) is 21.2. The van der Waals surface area contributed by atoms with Gasteiger partial charge in [0, 0.05) is 0 Å². The van der Waals surface area contributed by atoms with Crippen molar-refractivity contribution >= 4 is 46.3 Å². The molecule has 1 saturated heterocycles. The van der Waals surface area contributed by atoms with Crippen molar-refractivity contribution in [1.29, 1.82) is 0 Å². The van der Waals surface area contributed by atoms with Crippen molar-refractivity contribution in [3.63, 3.8) is 0 Å². The third-order valence-corrected chi connectivity index (χ3v) is 4.85. The zero-order valence-electron chi connectivity index (χ0n) is 15.8. The fourth-order valence-corrected chi connectivity index (χ4v) is 3.58. The van der Waals surface area contributed by atoms with E-state index in [0.29, 0.717) is 27.3 Å². The minimum absolute atomic E-state index is 0.187. The molecule has 0 saturated carbocycles. The van der Waals surface area contributed by atoms with Crippen LogP contribution in [-0.4, -0.2) is 47.5 Å². The van der Waals surface area contributed by atoms with Gasteiger partial charge in [-0.25, -0.2) is 0 Å². The fourth-order valence-electron chi connectivity index (χ4n) is 2.32. The SMILES string of the molecule is CCCOc1ccc(C=C2SC(=S)N(CC(=O)OC(C)C)C2=O)cc1OC. The number of nitrogens with zero attached hydrogens (tertiary/aromatic N) is 1. The van der Waals surface area contributed by atoms with Gasteiger partial charge in [-0.3, -0.25) is 14.5 Å². The van der Waals surface area contributed by atoms with Gasteiger partial charge >= 0.3 is 5.97 Å². The third kappa shape index (κ3) is 5.71. The maximum Gasteiger partial charge on any atom is 0.326 e. The summed E-state index contributed by atoms with van der Waals surface area (Å²) in [5.41, 5.74) is 0.779. The number of benzene rings is 1. The Kier molecular flexibility index (Phi) is 7.67. The van der Waals surface area contributed by atoms with Crippen LogP contribution in [0.4, 0.5) is 0 Å². The number of rotatable bonds is 8. The molecule has 1 aliphatic heterocycles. The summed E-state index contributed by atoms with van der Waals surface area (Å²) in [6, 6.07) is 5.44. The Labute approximate surface area is 168 Å². The lowest BCUT2D eigenvalue weighted by atomic mass is 10.2. The van der Waals surface area contributed by atoms with Gasteiger partial charge in [0.25, 0.3) is 5.91 Å². The third-order valence-electron chi connectivity index (χ3n) is 3.48. The van der Waals surface area contributed by atoms with Gasteiger partial charge in [-0.1, -0.05) is 37.0 Å². The number of ether oxygens (including phenoxy) is 3. The molecule has 27 heavy (non-hydrogen) atoms. The fraction of sp³-hybridized carbons (Fsp3) is 0.421. The highest BCUT2D eigenvalue weighted by molar-refractivity contribution is 8.26. The molecule has 0 atom stereocenters. The van der Waals surface area contributed by atoms with Gasteiger partial charge in [0.1, 0.15) is 10.9 Å². The lowest BCUT2D eigenvalue weighted by molar-refractivity contribution is -0.149. The van der Waals surface area contributed by atoms with Gasteiger partial charge in [-0.15, -0.1) is 0 Å². The second kappa shape index (κ2) is 9.75. The quantitative estimate of drug-likeness (QED) is 0.369. The summed E-state index contributed by atoms with van der Waals surface area (Å²) in [4.78, 5) is 26.1. The lowest BCUT2D eigenvalue weighted by Crippen LogP contribution is -2.35. The molecule has 1 aliphatic rings. The molecule has 1 aromatic rings. The number of methoxy groups -OCH3 is 1. The van der Waals surface area contributed by atoms with Crippen molar-refractivity contribution in [2.45, 2.75) is 33.3 Å². The molecule has 0 aliphatic carbocycles. The Hall–Kier alpha value is -2.06. The number of amides is 1. The van der Waals surface area contributed by atoms with Crippen molar-refractivity contribution < 1.29 is 23.8 Å². The predicted molar refractivity (Wildman–Crippen MR) is 110 cm³/mol. The molecule has 0 unspecified atom stereocenters. The highest BCUT2D eigenvalue weighted by atomic mass is 32.2. The maximum absolute atomic E-state index is 12.6. The largest absolute Gasteiger partial charge is 0.493 e. The molecule has 146 valence electrons. The van der Waals surface area contributed by atoms with Crippen molar-refractivity contribution in [3.05, 3.63) is 28.7 Å². The topological polar surface area (TPSA) is 65.1 Å². The number of esters is 1. The maximum atomic E-state index is 12.6. The van der Waals surface area contributed by atoms with Crippen LogP contribution in [0.1, 0.15) is 32.8 Å². The van der Waals surface area contributed by atoms with E-state index >= 15 is 0 Å². The lowest BCUT2D eigenvalue weighted by Gasteiger charge is -2.15. The van der Waals surface area contributed by atoms with Crippen LogP contribution < -0.4 is 9.47 Å². The molecule has 0 spiro atoms. The second-order valence-corrected chi connectivity index (χ2v) is 7.74. The molecule has 1 amide bonds. The molecule has 0 bridgehead atoms. The molecule has 6 nitrogen and oxygen atoms in total. The van der Waals surface area contributed by atoms with Gasteiger partial charge in [-0.05, 0) is 44.0 Å². The average molecular weight is 410 g/mol. The van der Waals surface area contributed by atoms with Crippen molar-refractivity contribution in [2.24, 2.45) is 0 Å². The normalized spacial score (nSPS) is 15.6. The van der Waals surface area contributed by atoms with Gasteiger partial charge < -0.3 is 14.2 Å². The zero-order valence-corrected chi connectivity index (χ0v) is 17.4. The van der Waals surface area contributed by atoms with Crippen LogP contribution in [0.15, 0.2) is 23.1 Å². The Morgan fingerprint density at radius 3 is 2.70 bits per heavy atom. The minimum atomic E-state index is -0.485. The van der Waals surface area contributed by atoms with Crippen molar-refractivity contribution in [2.75, 3.05) is 20.3 Å². The van der Waals surface area contributed by atoms with Crippen LogP contribution in [0.2, 0.25) is 0 Å². The summed E-state index contributed by atoms with van der Waals surface area (Å²) < 4.78 is 16.4. The molecule has 0 aromatic heterocycles. The molecule has 8 heteroatoms. The van der Waals surface area contributed by atoms with E-state index in [9.17, 15) is 9.59 Å². The summed E-state index contributed by atoms with van der Waals surface area (Å²) in [7, 11) is 1.57. The Bertz CT molecular complexity index is 760. The number of carbonyl (C=O) groups excluding carboxylic acids is 2. The summed E-state index contributed by atoms with van der Waals surface area (Å²) in [5.74, 6) is 0.450. The molecule has 2 rings (SSSR count). The Morgan fingerprint density at radius 2 is 2.07 bits per heavy atom. The monoisotopic (exact) mass is 409 g/mol. The van der Waals surface area contributed by atoms with E-state index < -0.39 is 5.97 Å². The Balaban J connectivity index is 2.16.